The van der Waals surface area contributed by atoms with Crippen LogP contribution in [0.3, 0.4) is 0 Å². The van der Waals surface area contributed by atoms with Crippen molar-refractivity contribution in [1.82, 2.24) is 9.80 Å². The second kappa shape index (κ2) is 5.76. The Kier molecular flexibility index (Phi) is 3.62. The Morgan fingerprint density at radius 3 is 2.73 bits per heavy atom. The molecule has 0 atom stereocenters. The van der Waals surface area contributed by atoms with Crippen LogP contribution in [-0.4, -0.2) is 41.4 Å². The zero-order valence-corrected chi connectivity index (χ0v) is 12.8. The van der Waals surface area contributed by atoms with Crippen molar-refractivity contribution < 1.29 is 9.21 Å². The van der Waals surface area contributed by atoms with Crippen molar-refractivity contribution in [2.45, 2.75) is 38.3 Å². The van der Waals surface area contributed by atoms with Crippen LogP contribution in [0.4, 0.5) is 0 Å². The molecule has 0 radical (unpaired) electrons. The number of para-hydroxylation sites is 1. The molecule has 0 aliphatic carbocycles. The van der Waals surface area contributed by atoms with Crippen molar-refractivity contribution in [3.8, 4) is 0 Å². The van der Waals surface area contributed by atoms with Gasteiger partial charge in [-0.15, -0.1) is 0 Å². The average molecular weight is 298 g/mol. The Morgan fingerprint density at radius 1 is 1.14 bits per heavy atom. The first kappa shape index (κ1) is 13.8. The summed E-state index contributed by atoms with van der Waals surface area (Å²) in [6, 6.07) is 8.68. The summed E-state index contributed by atoms with van der Waals surface area (Å²) in [7, 11) is 0. The highest BCUT2D eigenvalue weighted by Crippen LogP contribution is 2.26. The molecule has 4 heteroatoms. The van der Waals surface area contributed by atoms with Gasteiger partial charge in [-0.1, -0.05) is 18.2 Å². The lowest BCUT2D eigenvalue weighted by Gasteiger charge is -2.36. The smallest absolute Gasteiger partial charge is 0.222 e. The molecule has 1 amide bonds. The van der Waals surface area contributed by atoms with E-state index in [-0.39, 0.29) is 0 Å². The van der Waals surface area contributed by atoms with Crippen LogP contribution in [0.2, 0.25) is 0 Å². The van der Waals surface area contributed by atoms with E-state index in [1.807, 2.05) is 18.4 Å². The monoisotopic (exact) mass is 298 g/mol. The van der Waals surface area contributed by atoms with Gasteiger partial charge >= 0.3 is 0 Å². The molecule has 1 aromatic carbocycles. The van der Waals surface area contributed by atoms with Crippen molar-refractivity contribution in [3.63, 3.8) is 0 Å². The lowest BCUT2D eigenvalue weighted by molar-refractivity contribution is -0.130. The number of carbonyl (C=O) groups excluding carboxylic acids is 1. The highest BCUT2D eigenvalue weighted by molar-refractivity contribution is 5.80. The number of fused-ring (bicyclic) bond motifs is 1. The number of amides is 1. The molecule has 4 nitrogen and oxygen atoms in total. The van der Waals surface area contributed by atoms with E-state index in [2.05, 4.69) is 21.9 Å². The molecule has 2 aliphatic heterocycles. The van der Waals surface area contributed by atoms with Crippen molar-refractivity contribution in [2.75, 3.05) is 19.6 Å². The third-order valence-corrected chi connectivity index (χ3v) is 5.06. The van der Waals surface area contributed by atoms with Gasteiger partial charge in [0.25, 0.3) is 0 Å². The molecule has 2 aromatic rings. The number of carbonyl (C=O) groups is 1. The number of rotatable bonds is 3. The third kappa shape index (κ3) is 2.52. The van der Waals surface area contributed by atoms with Gasteiger partial charge in [-0.2, -0.15) is 0 Å². The van der Waals surface area contributed by atoms with E-state index in [1.54, 1.807) is 0 Å². The zero-order chi connectivity index (χ0) is 14.9. The number of piperidine rings is 1. The summed E-state index contributed by atoms with van der Waals surface area (Å²) in [6.45, 7) is 4.04. The topological polar surface area (TPSA) is 36.7 Å². The van der Waals surface area contributed by atoms with Gasteiger partial charge in [0, 0.05) is 49.6 Å². The van der Waals surface area contributed by atoms with Crippen LogP contribution in [0.15, 0.2) is 34.9 Å². The Bertz CT molecular complexity index is 671. The summed E-state index contributed by atoms with van der Waals surface area (Å²) in [5.41, 5.74) is 2.24. The van der Waals surface area contributed by atoms with Crippen molar-refractivity contribution in [3.05, 3.63) is 36.1 Å². The van der Waals surface area contributed by atoms with Crippen molar-refractivity contribution in [1.29, 1.82) is 0 Å². The highest BCUT2D eigenvalue weighted by atomic mass is 16.3. The standard InChI is InChI=1S/C18H22N2O2/c21-18-6-3-9-20(18)15-7-10-19(11-8-15)12-14-13-22-17-5-2-1-4-16(14)17/h1-2,4-5,13,15H,3,6-12H2. The summed E-state index contributed by atoms with van der Waals surface area (Å²) in [5.74, 6) is 0.360. The van der Waals surface area contributed by atoms with Crippen LogP contribution in [-0.2, 0) is 11.3 Å². The summed E-state index contributed by atoms with van der Waals surface area (Å²) in [4.78, 5) is 16.5. The van der Waals surface area contributed by atoms with E-state index in [0.717, 1.165) is 57.4 Å². The Labute approximate surface area is 130 Å². The minimum absolute atomic E-state index is 0.360. The van der Waals surface area contributed by atoms with Crippen LogP contribution >= 0.6 is 0 Å². The molecule has 2 fully saturated rings. The number of hydrogen-bond donors (Lipinski definition) is 0. The second-order valence-electron chi connectivity index (χ2n) is 6.46. The quantitative estimate of drug-likeness (QED) is 0.874. The van der Waals surface area contributed by atoms with Gasteiger partial charge in [-0.3, -0.25) is 9.69 Å². The summed E-state index contributed by atoms with van der Waals surface area (Å²) < 4.78 is 5.63. The van der Waals surface area contributed by atoms with E-state index in [4.69, 9.17) is 4.42 Å². The maximum absolute atomic E-state index is 11.9. The molecule has 1 aromatic heterocycles. The lowest BCUT2D eigenvalue weighted by Crippen LogP contribution is -2.45. The second-order valence-corrected chi connectivity index (χ2v) is 6.46. The lowest BCUT2D eigenvalue weighted by atomic mass is 10.0. The Balaban J connectivity index is 1.39. The first-order valence-corrected chi connectivity index (χ1v) is 8.28. The number of hydrogen-bond acceptors (Lipinski definition) is 3. The third-order valence-electron chi connectivity index (χ3n) is 5.06. The molecule has 2 aliphatic rings. The SMILES string of the molecule is O=C1CCCN1C1CCN(Cc2coc3ccccc23)CC1. The number of nitrogens with zero attached hydrogens (tertiary/aromatic N) is 2. The molecule has 2 saturated heterocycles. The normalized spacial score (nSPS) is 21.1. The molecule has 3 heterocycles. The van der Waals surface area contributed by atoms with Gasteiger partial charge in [0.2, 0.25) is 5.91 Å². The minimum atomic E-state index is 0.360. The fourth-order valence-electron chi connectivity index (χ4n) is 3.84. The predicted molar refractivity (Wildman–Crippen MR) is 85.5 cm³/mol. The summed E-state index contributed by atoms with van der Waals surface area (Å²) in [5, 5.41) is 1.22. The first-order chi connectivity index (χ1) is 10.8. The molecule has 0 saturated carbocycles. The molecule has 22 heavy (non-hydrogen) atoms. The van der Waals surface area contributed by atoms with E-state index in [1.165, 1.54) is 10.9 Å². The van der Waals surface area contributed by atoms with Crippen LogP contribution in [0.25, 0.3) is 11.0 Å². The zero-order valence-electron chi connectivity index (χ0n) is 12.8. The maximum atomic E-state index is 11.9. The number of benzene rings is 1. The van der Waals surface area contributed by atoms with Gasteiger partial charge in [0.05, 0.1) is 6.26 Å². The molecular formula is C18H22N2O2. The fourth-order valence-corrected chi connectivity index (χ4v) is 3.84. The minimum Gasteiger partial charge on any atom is -0.464 e. The average Bonchev–Trinajstić information content (AvgIpc) is 3.15. The highest BCUT2D eigenvalue weighted by Gasteiger charge is 2.30. The van der Waals surface area contributed by atoms with Crippen molar-refractivity contribution >= 4 is 16.9 Å². The van der Waals surface area contributed by atoms with Gasteiger partial charge in [-0.25, -0.2) is 0 Å². The molecule has 0 unspecified atom stereocenters. The summed E-state index contributed by atoms with van der Waals surface area (Å²) in [6.07, 6.45) is 5.88. The Hall–Kier alpha value is -1.81. The van der Waals surface area contributed by atoms with Crippen LogP contribution < -0.4 is 0 Å². The summed E-state index contributed by atoms with van der Waals surface area (Å²) >= 11 is 0. The molecule has 4 rings (SSSR count). The van der Waals surface area contributed by atoms with Crippen LogP contribution in [0.5, 0.6) is 0 Å². The van der Waals surface area contributed by atoms with Gasteiger partial charge in [0.1, 0.15) is 5.58 Å². The number of furan rings is 1. The van der Waals surface area contributed by atoms with Crippen LogP contribution in [0, 0.1) is 0 Å². The van der Waals surface area contributed by atoms with Gasteiger partial charge in [-0.05, 0) is 25.3 Å². The van der Waals surface area contributed by atoms with Crippen LogP contribution in [0.1, 0.15) is 31.2 Å². The number of likely N-dealkylation sites (tertiary alicyclic amines) is 2. The fraction of sp³-hybridized carbons (Fsp3) is 0.500. The Morgan fingerprint density at radius 2 is 1.95 bits per heavy atom. The van der Waals surface area contributed by atoms with Crippen molar-refractivity contribution in [2.24, 2.45) is 0 Å². The largest absolute Gasteiger partial charge is 0.464 e. The predicted octanol–water partition coefficient (Wildman–Crippen LogP) is 3.02. The van der Waals surface area contributed by atoms with E-state index in [0.29, 0.717) is 11.9 Å². The van der Waals surface area contributed by atoms with Gasteiger partial charge in [0.15, 0.2) is 0 Å². The van der Waals surface area contributed by atoms with E-state index in [9.17, 15) is 4.79 Å². The maximum Gasteiger partial charge on any atom is 0.222 e. The molecule has 116 valence electrons. The van der Waals surface area contributed by atoms with Gasteiger partial charge < -0.3 is 9.32 Å². The molecule has 0 spiro atoms. The molecule has 0 bridgehead atoms. The molecular weight excluding hydrogens is 276 g/mol. The van der Waals surface area contributed by atoms with E-state index >= 15 is 0 Å². The van der Waals surface area contributed by atoms with E-state index < -0.39 is 0 Å². The molecule has 0 N–H and O–H groups in total. The first-order valence-electron chi connectivity index (χ1n) is 8.28.